The fourth-order valence-corrected chi connectivity index (χ4v) is 2.87. The Kier molecular flexibility index (Phi) is 4.12. The van der Waals surface area contributed by atoms with Gasteiger partial charge in [-0.2, -0.15) is 5.26 Å². The van der Waals surface area contributed by atoms with Crippen LogP contribution in [0.2, 0.25) is 0 Å². The van der Waals surface area contributed by atoms with Crippen LogP contribution in [0.5, 0.6) is 11.5 Å². The number of aromatic nitrogens is 3. The largest absolute Gasteiger partial charge is 0.486 e. The molecule has 1 aliphatic rings. The van der Waals surface area contributed by atoms with E-state index >= 15 is 0 Å². The van der Waals surface area contributed by atoms with E-state index in [1.165, 1.54) is 0 Å². The first-order valence-corrected chi connectivity index (χ1v) is 8.23. The van der Waals surface area contributed by atoms with Gasteiger partial charge in [0, 0.05) is 12.6 Å². The molecule has 0 bridgehead atoms. The van der Waals surface area contributed by atoms with Gasteiger partial charge in [0.05, 0.1) is 5.57 Å². The summed E-state index contributed by atoms with van der Waals surface area (Å²) in [4.78, 5) is 0. The monoisotopic (exact) mass is 344 g/mol. The number of nitriles is 1. The number of hydrogen-bond acceptors (Lipinski definition) is 5. The molecule has 0 aliphatic carbocycles. The van der Waals surface area contributed by atoms with Crippen LogP contribution in [0, 0.1) is 11.3 Å². The zero-order chi connectivity index (χ0) is 17.9. The van der Waals surface area contributed by atoms with Gasteiger partial charge in [-0.1, -0.05) is 36.4 Å². The van der Waals surface area contributed by atoms with Crippen molar-refractivity contribution in [3.63, 3.8) is 0 Å². The Bertz CT molecular complexity index is 1020. The standard InChI is InChI=1S/C20H16N4O2/c1-24-19(15-5-3-2-4-6-15)22-23-20(24)16(13-21)11-14-7-8-17-18(12-14)26-10-9-25-17/h2-8,11-12H,9-10H2,1H3. The molecule has 0 atom stereocenters. The molecule has 1 aromatic heterocycles. The SMILES string of the molecule is Cn1c(C(C#N)=Cc2ccc3c(c2)OCCO3)nnc1-c1ccccc1. The Morgan fingerprint density at radius 3 is 2.62 bits per heavy atom. The topological polar surface area (TPSA) is 73.0 Å². The summed E-state index contributed by atoms with van der Waals surface area (Å²) in [7, 11) is 1.85. The molecular weight excluding hydrogens is 328 g/mol. The average molecular weight is 344 g/mol. The zero-order valence-corrected chi connectivity index (χ0v) is 14.2. The third-order valence-corrected chi connectivity index (χ3v) is 4.15. The van der Waals surface area contributed by atoms with Gasteiger partial charge in [0.25, 0.3) is 0 Å². The molecule has 26 heavy (non-hydrogen) atoms. The molecule has 6 heteroatoms. The quantitative estimate of drug-likeness (QED) is 0.682. The molecule has 4 rings (SSSR count). The van der Waals surface area contributed by atoms with E-state index in [1.54, 1.807) is 6.08 Å². The minimum atomic E-state index is 0.429. The molecule has 3 aromatic rings. The maximum Gasteiger partial charge on any atom is 0.174 e. The number of rotatable bonds is 3. The highest BCUT2D eigenvalue weighted by Crippen LogP contribution is 2.32. The third kappa shape index (κ3) is 2.91. The minimum absolute atomic E-state index is 0.429. The lowest BCUT2D eigenvalue weighted by molar-refractivity contribution is 0.171. The Labute approximate surface area is 150 Å². The van der Waals surface area contributed by atoms with Gasteiger partial charge in [-0.3, -0.25) is 0 Å². The Balaban J connectivity index is 1.71. The van der Waals surface area contributed by atoms with Gasteiger partial charge in [-0.05, 0) is 23.8 Å². The molecule has 0 fully saturated rings. The van der Waals surface area contributed by atoms with Gasteiger partial charge in [-0.15, -0.1) is 10.2 Å². The van der Waals surface area contributed by atoms with Crippen LogP contribution in [0.25, 0.3) is 23.0 Å². The van der Waals surface area contributed by atoms with Crippen molar-refractivity contribution < 1.29 is 9.47 Å². The van der Waals surface area contributed by atoms with E-state index < -0.39 is 0 Å². The van der Waals surface area contributed by atoms with E-state index in [9.17, 15) is 5.26 Å². The molecule has 128 valence electrons. The van der Waals surface area contributed by atoms with Crippen LogP contribution in [-0.2, 0) is 7.05 Å². The normalized spacial score (nSPS) is 13.3. The average Bonchev–Trinajstić information content (AvgIpc) is 3.08. The molecule has 0 unspecified atom stereocenters. The lowest BCUT2D eigenvalue weighted by Crippen LogP contribution is -2.15. The summed E-state index contributed by atoms with van der Waals surface area (Å²) in [5, 5.41) is 18.1. The van der Waals surface area contributed by atoms with Crippen molar-refractivity contribution in [2.24, 2.45) is 7.05 Å². The molecule has 0 N–H and O–H groups in total. The van der Waals surface area contributed by atoms with Crippen molar-refractivity contribution in [2.45, 2.75) is 0 Å². The number of hydrogen-bond donors (Lipinski definition) is 0. The zero-order valence-electron chi connectivity index (χ0n) is 14.2. The molecule has 0 spiro atoms. The summed E-state index contributed by atoms with van der Waals surface area (Å²) in [6.45, 7) is 1.07. The third-order valence-electron chi connectivity index (χ3n) is 4.15. The number of allylic oxidation sites excluding steroid dienone is 1. The summed E-state index contributed by atoms with van der Waals surface area (Å²) in [6, 6.07) is 17.6. The van der Waals surface area contributed by atoms with E-state index in [0.717, 1.165) is 16.9 Å². The smallest absolute Gasteiger partial charge is 0.174 e. The van der Waals surface area contributed by atoms with E-state index in [1.807, 2.05) is 60.1 Å². The van der Waals surface area contributed by atoms with Gasteiger partial charge < -0.3 is 14.0 Å². The number of ether oxygens (including phenoxy) is 2. The predicted octanol–water partition coefficient (Wildman–Crippen LogP) is 3.32. The van der Waals surface area contributed by atoms with Gasteiger partial charge in [0.1, 0.15) is 19.3 Å². The molecule has 2 heterocycles. The van der Waals surface area contributed by atoms with Gasteiger partial charge in [0.2, 0.25) is 0 Å². The van der Waals surface area contributed by atoms with Crippen LogP contribution >= 0.6 is 0 Å². The van der Waals surface area contributed by atoms with Crippen molar-refractivity contribution in [2.75, 3.05) is 13.2 Å². The molecular formula is C20H16N4O2. The van der Waals surface area contributed by atoms with Crippen molar-refractivity contribution in [3.8, 4) is 29.0 Å². The molecule has 0 amide bonds. The lowest BCUT2D eigenvalue weighted by atomic mass is 10.1. The fourth-order valence-electron chi connectivity index (χ4n) is 2.87. The number of fused-ring (bicyclic) bond motifs is 1. The summed E-state index contributed by atoms with van der Waals surface area (Å²) in [5.74, 6) is 2.63. The van der Waals surface area contributed by atoms with Crippen molar-refractivity contribution in [3.05, 3.63) is 59.9 Å². The minimum Gasteiger partial charge on any atom is -0.486 e. The molecule has 0 saturated carbocycles. The van der Waals surface area contributed by atoms with Gasteiger partial charge in [-0.25, -0.2) is 0 Å². The van der Waals surface area contributed by atoms with Crippen LogP contribution in [0.3, 0.4) is 0 Å². The first-order valence-electron chi connectivity index (χ1n) is 8.23. The van der Waals surface area contributed by atoms with Gasteiger partial charge >= 0.3 is 0 Å². The summed E-state index contributed by atoms with van der Waals surface area (Å²) >= 11 is 0. The second kappa shape index (κ2) is 6.73. The number of benzene rings is 2. The van der Waals surface area contributed by atoms with E-state index in [2.05, 4.69) is 16.3 Å². The highest BCUT2D eigenvalue weighted by Gasteiger charge is 2.15. The van der Waals surface area contributed by atoms with Crippen LogP contribution in [0.1, 0.15) is 11.4 Å². The highest BCUT2D eigenvalue weighted by atomic mass is 16.6. The maximum atomic E-state index is 9.63. The highest BCUT2D eigenvalue weighted by molar-refractivity contribution is 5.88. The molecule has 2 aromatic carbocycles. The van der Waals surface area contributed by atoms with E-state index in [0.29, 0.717) is 36.2 Å². The van der Waals surface area contributed by atoms with Crippen LogP contribution in [0.4, 0.5) is 0 Å². The van der Waals surface area contributed by atoms with Crippen LogP contribution < -0.4 is 9.47 Å². The first kappa shape index (κ1) is 15.9. The molecule has 6 nitrogen and oxygen atoms in total. The second-order valence-electron chi connectivity index (χ2n) is 5.85. The van der Waals surface area contributed by atoms with Gasteiger partial charge in [0.15, 0.2) is 23.1 Å². The lowest BCUT2D eigenvalue weighted by Gasteiger charge is -2.18. The molecule has 0 radical (unpaired) electrons. The molecule has 1 aliphatic heterocycles. The van der Waals surface area contributed by atoms with Crippen LogP contribution in [-0.4, -0.2) is 28.0 Å². The van der Waals surface area contributed by atoms with E-state index in [-0.39, 0.29) is 0 Å². The summed E-state index contributed by atoms with van der Waals surface area (Å²) in [5.41, 5.74) is 2.22. The number of nitrogens with zero attached hydrogens (tertiary/aromatic N) is 4. The Hall–Kier alpha value is -3.59. The second-order valence-corrected chi connectivity index (χ2v) is 5.85. The Morgan fingerprint density at radius 2 is 1.85 bits per heavy atom. The summed E-state index contributed by atoms with van der Waals surface area (Å²) in [6.07, 6.45) is 1.77. The van der Waals surface area contributed by atoms with Crippen molar-refractivity contribution in [1.82, 2.24) is 14.8 Å². The van der Waals surface area contributed by atoms with Crippen molar-refractivity contribution >= 4 is 11.6 Å². The summed E-state index contributed by atoms with van der Waals surface area (Å²) < 4.78 is 13.0. The molecule has 0 saturated heterocycles. The maximum absolute atomic E-state index is 9.63. The Morgan fingerprint density at radius 1 is 1.08 bits per heavy atom. The predicted molar refractivity (Wildman–Crippen MR) is 97.4 cm³/mol. The first-order chi connectivity index (χ1) is 12.8. The van der Waals surface area contributed by atoms with Crippen LogP contribution in [0.15, 0.2) is 48.5 Å². The van der Waals surface area contributed by atoms with E-state index in [4.69, 9.17) is 9.47 Å². The fraction of sp³-hybridized carbons (Fsp3) is 0.150. The van der Waals surface area contributed by atoms with Crippen molar-refractivity contribution in [1.29, 1.82) is 5.26 Å².